The molecule has 1 atom stereocenters. The number of carbonyl (C=O) groups is 1. The third kappa shape index (κ3) is 3.46. The number of carbonyl (C=O) groups excluding carboxylic acids is 1. The van der Waals surface area contributed by atoms with Gasteiger partial charge in [-0.1, -0.05) is 28.1 Å². The number of hydrogen-bond acceptors (Lipinski definition) is 3. The lowest BCUT2D eigenvalue weighted by Crippen LogP contribution is -2.26. The van der Waals surface area contributed by atoms with Crippen molar-refractivity contribution in [3.05, 3.63) is 51.0 Å². The summed E-state index contributed by atoms with van der Waals surface area (Å²) in [5, 5.41) is 4.85. The molecule has 0 aliphatic rings. The number of thiazole rings is 1. The first-order valence-corrected chi connectivity index (χ1v) is 8.34. The Balaban J connectivity index is 2.08. The van der Waals surface area contributed by atoms with Crippen LogP contribution in [0.2, 0.25) is 0 Å². The monoisotopic (exact) mass is 352 g/mol. The van der Waals surface area contributed by atoms with Gasteiger partial charge in [0.25, 0.3) is 5.91 Å². The number of nitrogens with zero attached hydrogens (tertiary/aromatic N) is 1. The van der Waals surface area contributed by atoms with E-state index in [2.05, 4.69) is 26.2 Å². The minimum absolute atomic E-state index is 0.0236. The molecule has 0 aliphatic heterocycles. The molecule has 1 aromatic heterocycles. The molecule has 0 saturated carbocycles. The van der Waals surface area contributed by atoms with Crippen LogP contribution in [0.15, 0.2) is 24.3 Å². The number of halogens is 1. The SMILES string of the molecule is Cc1nc(C)c(C(C)NC(=O)c2ccc(CBr)cc2)s1. The lowest BCUT2D eigenvalue weighted by atomic mass is 10.1. The van der Waals surface area contributed by atoms with Gasteiger partial charge < -0.3 is 5.32 Å². The maximum absolute atomic E-state index is 12.2. The molecule has 2 rings (SSSR count). The molecule has 3 nitrogen and oxygen atoms in total. The van der Waals surface area contributed by atoms with E-state index in [1.807, 2.05) is 45.0 Å². The fourth-order valence-corrected chi connectivity index (χ4v) is 3.34. The summed E-state index contributed by atoms with van der Waals surface area (Å²) in [5.41, 5.74) is 2.83. The van der Waals surface area contributed by atoms with Crippen molar-refractivity contribution in [2.75, 3.05) is 0 Å². The summed E-state index contributed by atoms with van der Waals surface area (Å²) in [6.07, 6.45) is 0. The maximum Gasteiger partial charge on any atom is 0.251 e. The second kappa shape index (κ2) is 6.50. The lowest BCUT2D eigenvalue weighted by Gasteiger charge is -2.13. The topological polar surface area (TPSA) is 42.0 Å². The van der Waals surface area contributed by atoms with E-state index in [0.29, 0.717) is 5.56 Å². The molecule has 5 heteroatoms. The van der Waals surface area contributed by atoms with Crippen molar-refractivity contribution < 1.29 is 4.79 Å². The van der Waals surface area contributed by atoms with Crippen molar-refractivity contribution in [2.45, 2.75) is 32.1 Å². The van der Waals surface area contributed by atoms with Crippen LogP contribution in [-0.4, -0.2) is 10.9 Å². The number of aromatic nitrogens is 1. The normalized spacial score (nSPS) is 12.2. The van der Waals surface area contributed by atoms with E-state index in [9.17, 15) is 4.79 Å². The van der Waals surface area contributed by atoms with Gasteiger partial charge in [0.15, 0.2) is 0 Å². The largest absolute Gasteiger partial charge is 0.345 e. The standard InChI is InChI=1S/C15H17BrN2OS/c1-9-14(20-11(3)17-9)10(2)18-15(19)13-6-4-12(8-16)5-7-13/h4-7,10H,8H2,1-3H3,(H,18,19). The first-order valence-electron chi connectivity index (χ1n) is 6.41. The fraction of sp³-hybridized carbons (Fsp3) is 0.333. The van der Waals surface area contributed by atoms with Crippen LogP contribution in [0.3, 0.4) is 0 Å². The number of nitrogens with one attached hydrogen (secondary N) is 1. The summed E-state index contributed by atoms with van der Waals surface area (Å²) in [5.74, 6) is -0.0518. The van der Waals surface area contributed by atoms with Gasteiger partial charge in [0, 0.05) is 15.8 Å². The Labute approximate surface area is 131 Å². The van der Waals surface area contributed by atoms with Crippen molar-refractivity contribution in [3.8, 4) is 0 Å². The Kier molecular flexibility index (Phi) is 4.94. The molecule has 106 valence electrons. The molecule has 1 unspecified atom stereocenters. The molecular weight excluding hydrogens is 336 g/mol. The third-order valence-electron chi connectivity index (χ3n) is 3.05. The van der Waals surface area contributed by atoms with Crippen molar-refractivity contribution in [1.29, 1.82) is 0 Å². The minimum Gasteiger partial charge on any atom is -0.345 e. The highest BCUT2D eigenvalue weighted by Crippen LogP contribution is 2.24. The van der Waals surface area contributed by atoms with Gasteiger partial charge in [-0.3, -0.25) is 4.79 Å². The summed E-state index contributed by atoms with van der Waals surface area (Å²) >= 11 is 5.03. The van der Waals surface area contributed by atoms with Gasteiger partial charge in [0.1, 0.15) is 0 Å². The molecule has 1 aromatic carbocycles. The van der Waals surface area contributed by atoms with E-state index in [1.165, 1.54) is 0 Å². The van der Waals surface area contributed by atoms with Crippen LogP contribution in [0.5, 0.6) is 0 Å². The van der Waals surface area contributed by atoms with Gasteiger partial charge in [-0.2, -0.15) is 0 Å². The first kappa shape index (κ1) is 15.2. The fourth-order valence-electron chi connectivity index (χ4n) is 2.04. The Morgan fingerprint density at radius 1 is 1.35 bits per heavy atom. The summed E-state index contributed by atoms with van der Waals surface area (Å²) in [6.45, 7) is 5.95. The Bertz CT molecular complexity index is 607. The van der Waals surface area contributed by atoms with Gasteiger partial charge >= 0.3 is 0 Å². The highest BCUT2D eigenvalue weighted by molar-refractivity contribution is 9.08. The molecule has 1 N–H and O–H groups in total. The number of benzene rings is 1. The van der Waals surface area contributed by atoms with Gasteiger partial charge in [-0.15, -0.1) is 11.3 Å². The Morgan fingerprint density at radius 2 is 2.00 bits per heavy atom. The minimum atomic E-state index is -0.0518. The van der Waals surface area contributed by atoms with Crippen LogP contribution in [0.25, 0.3) is 0 Å². The number of alkyl halides is 1. The highest BCUT2D eigenvalue weighted by Gasteiger charge is 2.16. The van der Waals surface area contributed by atoms with Crippen molar-refractivity contribution >= 4 is 33.2 Å². The second-order valence-electron chi connectivity index (χ2n) is 4.71. The smallest absolute Gasteiger partial charge is 0.251 e. The predicted octanol–water partition coefficient (Wildman–Crippen LogP) is 4.15. The van der Waals surface area contributed by atoms with E-state index in [1.54, 1.807) is 11.3 Å². The number of aryl methyl sites for hydroxylation is 2. The Hall–Kier alpha value is -1.20. The van der Waals surface area contributed by atoms with Gasteiger partial charge in [0.05, 0.1) is 16.7 Å². The van der Waals surface area contributed by atoms with Crippen LogP contribution in [0.4, 0.5) is 0 Å². The molecule has 0 saturated heterocycles. The van der Waals surface area contributed by atoms with Crippen LogP contribution in [-0.2, 0) is 5.33 Å². The Morgan fingerprint density at radius 3 is 2.50 bits per heavy atom. The molecule has 2 aromatic rings. The van der Waals surface area contributed by atoms with E-state index in [0.717, 1.165) is 26.5 Å². The van der Waals surface area contributed by atoms with Crippen LogP contribution < -0.4 is 5.32 Å². The maximum atomic E-state index is 12.2. The van der Waals surface area contributed by atoms with Crippen molar-refractivity contribution in [1.82, 2.24) is 10.3 Å². The number of hydrogen-bond donors (Lipinski definition) is 1. The van der Waals surface area contributed by atoms with Crippen molar-refractivity contribution in [3.63, 3.8) is 0 Å². The summed E-state index contributed by atoms with van der Waals surface area (Å²) < 4.78 is 0. The van der Waals surface area contributed by atoms with Crippen LogP contribution in [0.1, 0.15) is 44.5 Å². The quantitative estimate of drug-likeness (QED) is 0.840. The zero-order valence-electron chi connectivity index (χ0n) is 11.7. The van der Waals surface area contributed by atoms with Crippen LogP contribution in [0, 0.1) is 13.8 Å². The summed E-state index contributed by atoms with van der Waals surface area (Å²) in [7, 11) is 0. The average molecular weight is 353 g/mol. The second-order valence-corrected chi connectivity index (χ2v) is 6.50. The molecule has 20 heavy (non-hydrogen) atoms. The zero-order chi connectivity index (χ0) is 14.7. The predicted molar refractivity (Wildman–Crippen MR) is 86.5 cm³/mol. The van der Waals surface area contributed by atoms with E-state index in [4.69, 9.17) is 0 Å². The molecule has 0 fully saturated rings. The average Bonchev–Trinajstić information content (AvgIpc) is 2.78. The highest BCUT2D eigenvalue weighted by atomic mass is 79.9. The van der Waals surface area contributed by atoms with E-state index < -0.39 is 0 Å². The molecule has 0 aliphatic carbocycles. The lowest BCUT2D eigenvalue weighted by molar-refractivity contribution is 0.0940. The van der Waals surface area contributed by atoms with Gasteiger partial charge in [-0.05, 0) is 38.5 Å². The zero-order valence-corrected chi connectivity index (χ0v) is 14.1. The molecule has 0 radical (unpaired) electrons. The molecule has 0 bridgehead atoms. The molecule has 1 heterocycles. The van der Waals surface area contributed by atoms with E-state index in [-0.39, 0.29) is 11.9 Å². The number of amides is 1. The summed E-state index contributed by atoms with van der Waals surface area (Å²) in [4.78, 5) is 17.7. The van der Waals surface area contributed by atoms with E-state index >= 15 is 0 Å². The number of rotatable bonds is 4. The molecular formula is C15H17BrN2OS. The third-order valence-corrected chi connectivity index (χ3v) is 4.95. The molecule has 1 amide bonds. The van der Waals surface area contributed by atoms with Crippen LogP contribution >= 0.6 is 27.3 Å². The van der Waals surface area contributed by atoms with Gasteiger partial charge in [0.2, 0.25) is 0 Å². The summed E-state index contributed by atoms with van der Waals surface area (Å²) in [6, 6.07) is 7.59. The van der Waals surface area contributed by atoms with Gasteiger partial charge in [-0.25, -0.2) is 4.98 Å². The molecule has 0 spiro atoms. The van der Waals surface area contributed by atoms with Crippen molar-refractivity contribution in [2.24, 2.45) is 0 Å². The first-order chi connectivity index (χ1) is 9.51.